The van der Waals surface area contributed by atoms with Gasteiger partial charge in [-0.2, -0.15) is 0 Å². The molecule has 5 nitrogen and oxygen atoms in total. The number of halogens is 1. The Morgan fingerprint density at radius 3 is 2.62 bits per heavy atom. The van der Waals surface area contributed by atoms with E-state index in [-0.39, 0.29) is 18.4 Å². The third-order valence-electron chi connectivity index (χ3n) is 3.54. The number of benzene rings is 1. The number of carbonyl (C=O) groups is 2. The molecule has 0 aromatic heterocycles. The van der Waals surface area contributed by atoms with E-state index in [1.807, 2.05) is 13.0 Å². The van der Waals surface area contributed by atoms with Crippen LogP contribution in [-0.2, 0) is 4.79 Å². The molecule has 1 aliphatic heterocycles. The SMILES string of the molecule is Cc1ccc(C(=O)N(C)CC(=O)N2CCNCC2)c(Cl)c1. The van der Waals surface area contributed by atoms with Gasteiger partial charge in [0.05, 0.1) is 17.1 Å². The first kappa shape index (κ1) is 15.8. The Morgan fingerprint density at radius 1 is 1.33 bits per heavy atom. The maximum absolute atomic E-state index is 12.4. The molecule has 0 radical (unpaired) electrons. The van der Waals surface area contributed by atoms with Crippen molar-refractivity contribution in [3.05, 3.63) is 34.3 Å². The number of hydrogen-bond donors (Lipinski definition) is 1. The molecule has 21 heavy (non-hydrogen) atoms. The van der Waals surface area contributed by atoms with Gasteiger partial charge in [-0.25, -0.2) is 0 Å². The smallest absolute Gasteiger partial charge is 0.255 e. The van der Waals surface area contributed by atoms with Crippen LogP contribution in [0.4, 0.5) is 0 Å². The van der Waals surface area contributed by atoms with Crippen LogP contribution in [0.5, 0.6) is 0 Å². The van der Waals surface area contributed by atoms with E-state index in [2.05, 4.69) is 5.32 Å². The van der Waals surface area contributed by atoms with Gasteiger partial charge in [-0.1, -0.05) is 17.7 Å². The van der Waals surface area contributed by atoms with Crippen LogP contribution in [0.15, 0.2) is 18.2 Å². The molecule has 0 saturated carbocycles. The molecule has 1 N–H and O–H groups in total. The molecule has 0 unspecified atom stereocenters. The zero-order chi connectivity index (χ0) is 15.4. The number of piperazine rings is 1. The Morgan fingerprint density at radius 2 is 2.00 bits per heavy atom. The van der Waals surface area contributed by atoms with E-state index in [4.69, 9.17) is 11.6 Å². The lowest BCUT2D eigenvalue weighted by Gasteiger charge is -2.29. The Bertz CT molecular complexity index is 542. The first-order valence-corrected chi connectivity index (χ1v) is 7.37. The van der Waals surface area contributed by atoms with Gasteiger partial charge in [-0.15, -0.1) is 0 Å². The van der Waals surface area contributed by atoms with Crippen molar-refractivity contribution in [2.24, 2.45) is 0 Å². The maximum atomic E-state index is 12.4. The standard InChI is InChI=1S/C15H20ClN3O2/c1-11-3-4-12(13(16)9-11)15(21)18(2)10-14(20)19-7-5-17-6-8-19/h3-4,9,17H,5-8,10H2,1-2H3. The lowest BCUT2D eigenvalue weighted by atomic mass is 10.1. The second-order valence-electron chi connectivity index (χ2n) is 5.28. The summed E-state index contributed by atoms with van der Waals surface area (Å²) >= 11 is 6.10. The predicted octanol–water partition coefficient (Wildman–Crippen LogP) is 1.15. The lowest BCUT2D eigenvalue weighted by Crippen LogP contribution is -2.49. The predicted molar refractivity (Wildman–Crippen MR) is 82.6 cm³/mol. The third kappa shape index (κ3) is 3.95. The highest BCUT2D eigenvalue weighted by Crippen LogP contribution is 2.19. The quantitative estimate of drug-likeness (QED) is 0.911. The van der Waals surface area contributed by atoms with Crippen LogP contribution in [0.2, 0.25) is 5.02 Å². The summed E-state index contributed by atoms with van der Waals surface area (Å²) in [6, 6.07) is 5.29. The Labute approximate surface area is 129 Å². The van der Waals surface area contributed by atoms with E-state index in [0.29, 0.717) is 23.7 Å². The van der Waals surface area contributed by atoms with E-state index in [0.717, 1.165) is 18.7 Å². The van der Waals surface area contributed by atoms with Gasteiger partial charge in [-0.05, 0) is 24.6 Å². The van der Waals surface area contributed by atoms with E-state index in [1.165, 1.54) is 4.90 Å². The summed E-state index contributed by atoms with van der Waals surface area (Å²) in [4.78, 5) is 27.7. The van der Waals surface area contributed by atoms with Gasteiger partial charge in [0.25, 0.3) is 5.91 Å². The summed E-state index contributed by atoms with van der Waals surface area (Å²) in [6.45, 7) is 4.96. The number of carbonyl (C=O) groups excluding carboxylic acids is 2. The lowest BCUT2D eigenvalue weighted by molar-refractivity contribution is -0.132. The summed E-state index contributed by atoms with van der Waals surface area (Å²) < 4.78 is 0. The van der Waals surface area contributed by atoms with Crippen LogP contribution < -0.4 is 5.32 Å². The molecule has 0 bridgehead atoms. The minimum atomic E-state index is -0.233. The minimum Gasteiger partial charge on any atom is -0.339 e. The van der Waals surface area contributed by atoms with E-state index in [1.54, 1.807) is 24.1 Å². The highest BCUT2D eigenvalue weighted by Gasteiger charge is 2.21. The van der Waals surface area contributed by atoms with Crippen LogP contribution in [0.1, 0.15) is 15.9 Å². The van der Waals surface area contributed by atoms with Crippen molar-refractivity contribution in [1.29, 1.82) is 0 Å². The summed E-state index contributed by atoms with van der Waals surface area (Å²) in [5.74, 6) is -0.265. The molecule has 1 aromatic carbocycles. The van der Waals surface area contributed by atoms with Crippen LogP contribution in [0, 0.1) is 6.92 Å². The van der Waals surface area contributed by atoms with Crippen molar-refractivity contribution >= 4 is 23.4 Å². The number of aryl methyl sites for hydroxylation is 1. The summed E-state index contributed by atoms with van der Waals surface area (Å²) in [5.41, 5.74) is 1.42. The summed E-state index contributed by atoms with van der Waals surface area (Å²) in [7, 11) is 1.62. The van der Waals surface area contributed by atoms with E-state index < -0.39 is 0 Å². The van der Waals surface area contributed by atoms with E-state index in [9.17, 15) is 9.59 Å². The largest absolute Gasteiger partial charge is 0.339 e. The Balaban J connectivity index is 2.00. The number of nitrogens with one attached hydrogen (secondary N) is 1. The van der Waals surface area contributed by atoms with Gasteiger partial charge < -0.3 is 15.1 Å². The highest BCUT2D eigenvalue weighted by atomic mass is 35.5. The molecule has 2 amide bonds. The van der Waals surface area contributed by atoms with Crippen molar-refractivity contribution in [3.8, 4) is 0 Å². The van der Waals surface area contributed by atoms with Crippen molar-refractivity contribution < 1.29 is 9.59 Å². The second kappa shape index (κ2) is 6.91. The molecule has 0 spiro atoms. The summed E-state index contributed by atoms with van der Waals surface area (Å²) in [5, 5.41) is 3.61. The first-order valence-electron chi connectivity index (χ1n) is 6.99. The van der Waals surface area contributed by atoms with Crippen LogP contribution in [0.3, 0.4) is 0 Å². The Hall–Kier alpha value is -1.59. The molecular formula is C15H20ClN3O2. The molecule has 1 aromatic rings. The maximum Gasteiger partial charge on any atom is 0.255 e. The molecule has 114 valence electrons. The highest BCUT2D eigenvalue weighted by molar-refractivity contribution is 6.33. The van der Waals surface area contributed by atoms with Gasteiger partial charge in [-0.3, -0.25) is 9.59 Å². The van der Waals surface area contributed by atoms with Crippen molar-refractivity contribution in [1.82, 2.24) is 15.1 Å². The van der Waals surface area contributed by atoms with Gasteiger partial charge in [0.2, 0.25) is 5.91 Å². The number of hydrogen-bond acceptors (Lipinski definition) is 3. The van der Waals surface area contributed by atoms with Crippen LogP contribution in [0.25, 0.3) is 0 Å². The number of likely N-dealkylation sites (N-methyl/N-ethyl adjacent to an activating group) is 1. The van der Waals surface area contributed by atoms with Gasteiger partial charge in [0.1, 0.15) is 0 Å². The fourth-order valence-electron chi connectivity index (χ4n) is 2.29. The third-order valence-corrected chi connectivity index (χ3v) is 3.86. The molecule has 1 heterocycles. The van der Waals surface area contributed by atoms with E-state index >= 15 is 0 Å². The Kier molecular flexibility index (Phi) is 5.20. The van der Waals surface area contributed by atoms with Crippen molar-refractivity contribution in [3.63, 3.8) is 0 Å². The van der Waals surface area contributed by atoms with Gasteiger partial charge >= 0.3 is 0 Å². The fourth-order valence-corrected chi connectivity index (χ4v) is 2.60. The summed E-state index contributed by atoms with van der Waals surface area (Å²) in [6.07, 6.45) is 0. The van der Waals surface area contributed by atoms with Crippen LogP contribution in [-0.4, -0.2) is 61.4 Å². The average Bonchev–Trinajstić information content (AvgIpc) is 2.47. The van der Waals surface area contributed by atoms with Crippen molar-refractivity contribution in [2.45, 2.75) is 6.92 Å². The first-order chi connectivity index (χ1) is 9.99. The minimum absolute atomic E-state index is 0.0319. The van der Waals surface area contributed by atoms with Crippen molar-refractivity contribution in [2.75, 3.05) is 39.8 Å². The zero-order valence-corrected chi connectivity index (χ0v) is 13.1. The number of amides is 2. The molecule has 0 aliphatic carbocycles. The molecule has 1 aliphatic rings. The fraction of sp³-hybridized carbons (Fsp3) is 0.467. The van der Waals surface area contributed by atoms with Crippen LogP contribution >= 0.6 is 11.6 Å². The number of nitrogens with zero attached hydrogens (tertiary/aromatic N) is 2. The molecule has 1 saturated heterocycles. The number of rotatable bonds is 3. The normalized spacial score (nSPS) is 14.9. The van der Waals surface area contributed by atoms with Gasteiger partial charge in [0.15, 0.2) is 0 Å². The molecule has 2 rings (SSSR count). The molecular weight excluding hydrogens is 290 g/mol. The van der Waals surface area contributed by atoms with Gasteiger partial charge in [0, 0.05) is 33.2 Å². The average molecular weight is 310 g/mol. The second-order valence-corrected chi connectivity index (χ2v) is 5.68. The zero-order valence-electron chi connectivity index (χ0n) is 12.4. The molecule has 6 heteroatoms. The topological polar surface area (TPSA) is 52.7 Å². The molecule has 1 fully saturated rings. The molecule has 0 atom stereocenters. The monoisotopic (exact) mass is 309 g/mol.